The van der Waals surface area contributed by atoms with Gasteiger partial charge in [0, 0.05) is 5.02 Å². The normalized spacial score (nSPS) is 11.6. The lowest BCUT2D eigenvalue weighted by atomic mass is 10.0. The molecule has 2 aromatic carbocycles. The topological polar surface area (TPSA) is 46.5 Å². The van der Waals surface area contributed by atoms with E-state index in [1.807, 2.05) is 51.1 Å². The number of hydrogen-bond donors (Lipinski definition) is 1. The highest BCUT2D eigenvalue weighted by molar-refractivity contribution is 6.32. The molecule has 0 fully saturated rings. The molecule has 0 aliphatic rings. The molecule has 4 heteroatoms. The van der Waals surface area contributed by atoms with Crippen molar-refractivity contribution >= 4 is 29.2 Å². The van der Waals surface area contributed by atoms with E-state index >= 15 is 0 Å². The number of rotatable bonds is 5. The molecule has 0 saturated heterocycles. The molecule has 0 amide bonds. The third-order valence-corrected chi connectivity index (χ3v) is 3.68. The Hall–Kier alpha value is -2.26. The van der Waals surface area contributed by atoms with Crippen molar-refractivity contribution in [1.29, 1.82) is 0 Å². The van der Waals surface area contributed by atoms with E-state index in [1.165, 1.54) is 0 Å². The monoisotopic (exact) mass is 330 g/mol. The molecule has 0 aromatic heterocycles. The summed E-state index contributed by atoms with van der Waals surface area (Å²) in [5.41, 5.74) is 2.48. The summed E-state index contributed by atoms with van der Waals surface area (Å²) in [5, 5.41) is 10.0. The fourth-order valence-electron chi connectivity index (χ4n) is 2.11. The van der Waals surface area contributed by atoms with E-state index in [1.54, 1.807) is 18.2 Å². The number of benzene rings is 2. The van der Waals surface area contributed by atoms with Gasteiger partial charge in [-0.05, 0) is 61.7 Å². The van der Waals surface area contributed by atoms with Gasteiger partial charge in [0.2, 0.25) is 0 Å². The minimum absolute atomic E-state index is 0.0978. The summed E-state index contributed by atoms with van der Waals surface area (Å²) < 4.78 is 5.58. The second-order valence-electron chi connectivity index (χ2n) is 5.56. The minimum atomic E-state index is -0.993. The number of ether oxygens (including phenoxy) is 1. The zero-order chi connectivity index (χ0) is 17.0. The van der Waals surface area contributed by atoms with Crippen molar-refractivity contribution in [2.45, 2.75) is 26.9 Å². The summed E-state index contributed by atoms with van der Waals surface area (Å²) in [6.45, 7) is 5.79. The molecule has 2 rings (SSSR count). The van der Waals surface area contributed by atoms with Gasteiger partial charge in [0.05, 0.1) is 11.7 Å². The van der Waals surface area contributed by atoms with Crippen LogP contribution in [-0.2, 0) is 4.79 Å². The smallest absolute Gasteiger partial charge is 0.336 e. The second-order valence-corrected chi connectivity index (χ2v) is 5.97. The Balaban J connectivity index is 2.35. The lowest BCUT2D eigenvalue weighted by molar-refractivity contribution is -0.130. The van der Waals surface area contributed by atoms with Gasteiger partial charge in [-0.2, -0.15) is 0 Å². The SMILES string of the molecule is Cc1ccc(/C(=C/c2ccc(OC(C)C)cc2)C(=O)O)cc1Cl. The molecular weight excluding hydrogens is 312 g/mol. The van der Waals surface area contributed by atoms with Crippen molar-refractivity contribution in [3.63, 3.8) is 0 Å². The highest BCUT2D eigenvalue weighted by Crippen LogP contribution is 2.25. The maximum Gasteiger partial charge on any atom is 0.336 e. The molecule has 0 atom stereocenters. The highest BCUT2D eigenvalue weighted by atomic mass is 35.5. The van der Waals surface area contributed by atoms with Crippen LogP contribution in [0.4, 0.5) is 0 Å². The van der Waals surface area contributed by atoms with Crippen LogP contribution in [-0.4, -0.2) is 17.2 Å². The van der Waals surface area contributed by atoms with E-state index in [0.717, 1.165) is 16.9 Å². The van der Waals surface area contributed by atoms with Crippen LogP contribution < -0.4 is 4.74 Å². The zero-order valence-corrected chi connectivity index (χ0v) is 14.1. The minimum Gasteiger partial charge on any atom is -0.491 e. The van der Waals surface area contributed by atoms with E-state index in [-0.39, 0.29) is 11.7 Å². The molecule has 23 heavy (non-hydrogen) atoms. The molecule has 0 saturated carbocycles. The molecule has 120 valence electrons. The van der Waals surface area contributed by atoms with Gasteiger partial charge in [0.15, 0.2) is 0 Å². The molecule has 0 spiro atoms. The number of carboxylic acid groups (broad SMARTS) is 1. The molecule has 0 bridgehead atoms. The first kappa shape index (κ1) is 17.1. The van der Waals surface area contributed by atoms with Crippen LogP contribution in [0.3, 0.4) is 0 Å². The zero-order valence-electron chi connectivity index (χ0n) is 13.3. The number of aryl methyl sites for hydroxylation is 1. The van der Waals surface area contributed by atoms with Gasteiger partial charge < -0.3 is 9.84 Å². The molecule has 0 heterocycles. The van der Waals surface area contributed by atoms with E-state index in [9.17, 15) is 9.90 Å². The summed E-state index contributed by atoms with van der Waals surface area (Å²) in [5.74, 6) is -0.236. The summed E-state index contributed by atoms with van der Waals surface area (Å²) in [7, 11) is 0. The van der Waals surface area contributed by atoms with Gasteiger partial charge in [-0.3, -0.25) is 0 Å². The van der Waals surface area contributed by atoms with Crippen LogP contribution in [0.1, 0.15) is 30.5 Å². The van der Waals surface area contributed by atoms with Crippen LogP contribution in [0.25, 0.3) is 11.6 Å². The second kappa shape index (κ2) is 7.34. The molecule has 3 nitrogen and oxygen atoms in total. The van der Waals surface area contributed by atoms with Crippen molar-refractivity contribution in [3.05, 3.63) is 64.2 Å². The fourth-order valence-corrected chi connectivity index (χ4v) is 2.29. The molecule has 0 aliphatic carbocycles. The van der Waals surface area contributed by atoms with Crippen molar-refractivity contribution in [2.75, 3.05) is 0 Å². The van der Waals surface area contributed by atoms with Crippen LogP contribution in [0, 0.1) is 6.92 Å². The van der Waals surface area contributed by atoms with E-state index in [2.05, 4.69) is 0 Å². The largest absolute Gasteiger partial charge is 0.491 e. The number of aliphatic carboxylic acids is 1. The van der Waals surface area contributed by atoms with Crippen molar-refractivity contribution < 1.29 is 14.6 Å². The number of halogens is 1. The molecule has 0 unspecified atom stereocenters. The number of carbonyl (C=O) groups is 1. The van der Waals surface area contributed by atoms with E-state index in [0.29, 0.717) is 10.6 Å². The Morgan fingerprint density at radius 2 is 1.83 bits per heavy atom. The summed E-state index contributed by atoms with van der Waals surface area (Å²) in [6, 6.07) is 12.6. The number of hydrogen-bond acceptors (Lipinski definition) is 2. The van der Waals surface area contributed by atoms with Crippen LogP contribution >= 0.6 is 11.6 Å². The molecule has 0 aliphatic heterocycles. The molecule has 0 radical (unpaired) electrons. The molecular formula is C19H19ClO3. The van der Waals surface area contributed by atoms with Crippen molar-refractivity contribution in [2.24, 2.45) is 0 Å². The average Bonchev–Trinajstić information content (AvgIpc) is 2.48. The van der Waals surface area contributed by atoms with Gasteiger partial charge in [0.25, 0.3) is 0 Å². The molecule has 1 N–H and O–H groups in total. The highest BCUT2D eigenvalue weighted by Gasteiger charge is 2.12. The van der Waals surface area contributed by atoms with Crippen LogP contribution in [0.15, 0.2) is 42.5 Å². The Bertz CT molecular complexity index is 731. The first-order valence-electron chi connectivity index (χ1n) is 7.35. The predicted molar refractivity (Wildman–Crippen MR) is 93.9 cm³/mol. The third kappa shape index (κ3) is 4.60. The van der Waals surface area contributed by atoms with E-state index in [4.69, 9.17) is 16.3 Å². The van der Waals surface area contributed by atoms with Gasteiger partial charge in [-0.15, -0.1) is 0 Å². The Kier molecular flexibility index (Phi) is 5.45. The Morgan fingerprint density at radius 1 is 1.17 bits per heavy atom. The summed E-state index contributed by atoms with van der Waals surface area (Å²) in [6.07, 6.45) is 1.73. The maximum atomic E-state index is 11.6. The third-order valence-electron chi connectivity index (χ3n) is 3.28. The molecule has 2 aromatic rings. The maximum absolute atomic E-state index is 11.6. The van der Waals surface area contributed by atoms with Crippen LogP contribution in [0.2, 0.25) is 5.02 Å². The first-order valence-corrected chi connectivity index (χ1v) is 7.73. The summed E-state index contributed by atoms with van der Waals surface area (Å²) >= 11 is 6.10. The Labute approximate surface area is 141 Å². The van der Waals surface area contributed by atoms with Crippen molar-refractivity contribution in [1.82, 2.24) is 0 Å². The standard InChI is InChI=1S/C19H19ClO3/c1-12(2)23-16-8-5-14(6-9-16)10-17(19(21)22)15-7-4-13(3)18(20)11-15/h4-12H,1-3H3,(H,21,22)/b17-10-. The van der Waals surface area contributed by atoms with Gasteiger partial charge in [-0.1, -0.05) is 35.9 Å². The lowest BCUT2D eigenvalue weighted by Gasteiger charge is -2.10. The quantitative estimate of drug-likeness (QED) is 0.615. The first-order chi connectivity index (χ1) is 10.9. The lowest BCUT2D eigenvalue weighted by Crippen LogP contribution is -2.05. The van der Waals surface area contributed by atoms with Crippen LogP contribution in [0.5, 0.6) is 5.75 Å². The van der Waals surface area contributed by atoms with E-state index < -0.39 is 5.97 Å². The predicted octanol–water partition coefficient (Wildman–Crippen LogP) is 5.06. The van der Waals surface area contributed by atoms with Crippen molar-refractivity contribution in [3.8, 4) is 5.75 Å². The van der Waals surface area contributed by atoms with Gasteiger partial charge in [-0.25, -0.2) is 4.79 Å². The fraction of sp³-hybridized carbons (Fsp3) is 0.211. The van der Waals surface area contributed by atoms with Gasteiger partial charge in [0.1, 0.15) is 5.75 Å². The number of carboxylic acids is 1. The average molecular weight is 331 g/mol. The van der Waals surface area contributed by atoms with Gasteiger partial charge >= 0.3 is 5.97 Å². The Morgan fingerprint density at radius 3 is 2.35 bits per heavy atom. The summed E-state index contributed by atoms with van der Waals surface area (Å²) in [4.78, 5) is 11.6.